The van der Waals surface area contributed by atoms with Gasteiger partial charge in [0.05, 0.1) is 10.5 Å². The molecule has 2 aliphatic heterocycles. The highest BCUT2D eigenvalue weighted by atomic mass is 32.1. The number of nitro benzene ring substituents is 1. The maximum atomic E-state index is 13.0. The number of hydrogen-bond donors (Lipinski definition) is 0. The van der Waals surface area contributed by atoms with Gasteiger partial charge < -0.3 is 9.47 Å². The van der Waals surface area contributed by atoms with Gasteiger partial charge in [0.25, 0.3) is 5.69 Å². The minimum atomic E-state index is -0.457. The highest BCUT2D eigenvalue weighted by Crippen LogP contribution is 2.43. The molecule has 0 atom stereocenters. The maximum absolute atomic E-state index is 13.0. The molecule has 3 aromatic rings. The van der Waals surface area contributed by atoms with Gasteiger partial charge >= 0.3 is 0 Å². The first-order valence-corrected chi connectivity index (χ1v) is 11.1. The highest BCUT2D eigenvalue weighted by Gasteiger charge is 2.33. The maximum Gasteiger partial charge on any atom is 0.269 e. The summed E-state index contributed by atoms with van der Waals surface area (Å²) in [5.41, 5.74) is 2.98. The van der Waals surface area contributed by atoms with Crippen LogP contribution in [-0.4, -0.2) is 28.9 Å². The number of nitrogens with zero attached hydrogens (tertiary/aromatic N) is 2. The molecule has 0 saturated carbocycles. The quantitative estimate of drug-likeness (QED) is 0.311. The first-order valence-electron chi connectivity index (χ1n) is 10.2. The van der Waals surface area contributed by atoms with E-state index in [-0.39, 0.29) is 17.2 Å². The number of fused-ring (bicyclic) bond motifs is 2. The summed E-state index contributed by atoms with van der Waals surface area (Å²) >= 11 is 1.75. The Kier molecular flexibility index (Phi) is 5.24. The van der Waals surface area contributed by atoms with Crippen molar-refractivity contribution in [1.29, 1.82) is 0 Å². The fraction of sp³-hybridized carbons (Fsp3) is 0.208. The number of thiophene rings is 1. The number of nitro groups is 1. The molecular weight excluding hydrogens is 428 g/mol. The minimum absolute atomic E-state index is 0.00148. The second kappa shape index (κ2) is 8.22. The van der Waals surface area contributed by atoms with Gasteiger partial charge in [0.2, 0.25) is 5.78 Å². The molecule has 0 radical (unpaired) electrons. The van der Waals surface area contributed by atoms with E-state index in [1.54, 1.807) is 29.5 Å². The van der Waals surface area contributed by atoms with E-state index in [0.717, 1.165) is 29.8 Å². The third kappa shape index (κ3) is 3.79. The lowest BCUT2D eigenvalue weighted by molar-refractivity contribution is -0.384. The lowest BCUT2D eigenvalue weighted by atomic mass is 10.00. The molecule has 0 amide bonds. The molecule has 0 fully saturated rings. The van der Waals surface area contributed by atoms with Gasteiger partial charge in [-0.05, 0) is 54.6 Å². The van der Waals surface area contributed by atoms with Crippen LogP contribution in [0.3, 0.4) is 0 Å². The fourth-order valence-corrected chi connectivity index (χ4v) is 4.70. The molecule has 0 aliphatic carbocycles. The van der Waals surface area contributed by atoms with Gasteiger partial charge in [-0.1, -0.05) is 6.07 Å². The molecule has 0 spiro atoms. The molecule has 32 heavy (non-hydrogen) atoms. The monoisotopic (exact) mass is 448 g/mol. The van der Waals surface area contributed by atoms with Crippen molar-refractivity contribution in [3.63, 3.8) is 0 Å². The molecule has 5 rings (SSSR count). The van der Waals surface area contributed by atoms with Crippen molar-refractivity contribution in [2.75, 3.05) is 13.3 Å². The molecule has 0 N–H and O–H groups in total. The van der Waals surface area contributed by atoms with Gasteiger partial charge in [-0.2, -0.15) is 0 Å². The van der Waals surface area contributed by atoms with Crippen molar-refractivity contribution in [2.24, 2.45) is 0 Å². The number of carbonyl (C=O) groups excluding carboxylic acids is 1. The fourth-order valence-electron chi connectivity index (χ4n) is 4.01. The lowest BCUT2D eigenvalue weighted by Crippen LogP contribution is -2.34. The summed E-state index contributed by atoms with van der Waals surface area (Å²) in [6.07, 6.45) is 2.57. The van der Waals surface area contributed by atoms with Crippen molar-refractivity contribution in [1.82, 2.24) is 4.90 Å². The van der Waals surface area contributed by atoms with Gasteiger partial charge in [-0.3, -0.25) is 19.8 Å². The van der Waals surface area contributed by atoms with Crippen LogP contribution in [0.2, 0.25) is 0 Å². The van der Waals surface area contributed by atoms with Crippen molar-refractivity contribution in [2.45, 2.75) is 19.9 Å². The van der Waals surface area contributed by atoms with E-state index in [2.05, 4.69) is 22.4 Å². The average Bonchev–Trinajstić information content (AvgIpc) is 3.42. The number of carbonyl (C=O) groups is 1. The van der Waals surface area contributed by atoms with Gasteiger partial charge in [-0.15, -0.1) is 11.3 Å². The summed E-state index contributed by atoms with van der Waals surface area (Å²) in [6.45, 7) is 3.99. The van der Waals surface area contributed by atoms with E-state index < -0.39 is 4.92 Å². The summed E-state index contributed by atoms with van der Waals surface area (Å²) in [7, 11) is 0. The summed E-state index contributed by atoms with van der Waals surface area (Å²) < 4.78 is 11.9. The normalized spacial score (nSPS) is 16.4. The molecule has 0 unspecified atom stereocenters. The molecule has 162 valence electrons. The van der Waals surface area contributed by atoms with Crippen LogP contribution in [0.4, 0.5) is 5.69 Å². The average molecular weight is 449 g/mol. The molecule has 8 heteroatoms. The number of ketones is 1. The van der Waals surface area contributed by atoms with Crippen molar-refractivity contribution in [3.05, 3.63) is 90.8 Å². The van der Waals surface area contributed by atoms with Gasteiger partial charge in [0.1, 0.15) is 18.2 Å². The van der Waals surface area contributed by atoms with Crippen LogP contribution in [-0.2, 0) is 13.0 Å². The van der Waals surface area contributed by atoms with Gasteiger partial charge in [0.15, 0.2) is 5.76 Å². The second-order valence-corrected chi connectivity index (χ2v) is 8.84. The first-order chi connectivity index (χ1) is 15.5. The van der Waals surface area contributed by atoms with Crippen LogP contribution in [0.25, 0.3) is 6.08 Å². The predicted octanol–water partition coefficient (Wildman–Crippen LogP) is 4.98. The Morgan fingerprint density at radius 3 is 2.75 bits per heavy atom. The third-order valence-corrected chi connectivity index (χ3v) is 6.59. The molecular formula is C24H20N2O5S. The van der Waals surface area contributed by atoms with Crippen molar-refractivity contribution >= 4 is 28.9 Å². The summed E-state index contributed by atoms with van der Waals surface area (Å²) in [5, 5.41) is 12.9. The molecule has 3 heterocycles. The predicted molar refractivity (Wildman–Crippen MR) is 121 cm³/mol. The number of hydrogen-bond acceptors (Lipinski definition) is 7. The Balaban J connectivity index is 1.37. The van der Waals surface area contributed by atoms with E-state index in [1.807, 2.05) is 13.0 Å². The summed E-state index contributed by atoms with van der Waals surface area (Å²) in [4.78, 5) is 27.0. The number of non-ortho nitro benzene ring substituents is 1. The SMILES string of the molecule is Cc1c2c(cc3c1O/C(=C\c1ccc([N+](=O)[O-])cc1)C3=O)CN(CCc1cccs1)CO2. The van der Waals surface area contributed by atoms with Crippen LogP contribution in [0, 0.1) is 17.0 Å². The first kappa shape index (κ1) is 20.4. The topological polar surface area (TPSA) is 81.9 Å². The molecule has 0 saturated heterocycles. The highest BCUT2D eigenvalue weighted by molar-refractivity contribution is 7.09. The van der Waals surface area contributed by atoms with Crippen LogP contribution < -0.4 is 9.47 Å². The lowest BCUT2D eigenvalue weighted by Gasteiger charge is -2.30. The largest absolute Gasteiger partial charge is 0.477 e. The molecule has 2 aliphatic rings. The zero-order valence-corrected chi connectivity index (χ0v) is 18.2. The Bertz CT molecular complexity index is 1230. The number of allylic oxidation sites excluding steroid dienone is 1. The summed E-state index contributed by atoms with van der Waals surface area (Å²) in [5.74, 6) is 1.31. The molecule has 1 aromatic heterocycles. The van der Waals surface area contributed by atoms with E-state index in [1.165, 1.54) is 17.0 Å². The van der Waals surface area contributed by atoms with Gasteiger partial charge in [0, 0.05) is 41.2 Å². The minimum Gasteiger partial charge on any atom is -0.477 e. The Morgan fingerprint density at radius 2 is 2.03 bits per heavy atom. The zero-order valence-electron chi connectivity index (χ0n) is 17.4. The van der Waals surface area contributed by atoms with E-state index >= 15 is 0 Å². The number of rotatable bonds is 5. The second-order valence-electron chi connectivity index (χ2n) is 7.81. The van der Waals surface area contributed by atoms with Crippen molar-refractivity contribution < 1.29 is 19.2 Å². The standard InChI is InChI=1S/C24H20N2O5S/c1-15-23-17(13-25(14-30-23)9-8-19-3-2-10-32-19)12-20-22(27)21(31-24(15)20)11-16-4-6-18(7-5-16)26(28)29/h2-7,10-12H,8-9,13-14H2,1H3/b21-11-. The summed E-state index contributed by atoms with van der Waals surface area (Å²) in [6, 6.07) is 12.1. The smallest absolute Gasteiger partial charge is 0.269 e. The number of benzene rings is 2. The molecule has 0 bridgehead atoms. The van der Waals surface area contributed by atoms with Crippen molar-refractivity contribution in [3.8, 4) is 11.5 Å². The van der Waals surface area contributed by atoms with Crippen LogP contribution in [0.15, 0.2) is 53.6 Å². The molecule has 2 aromatic carbocycles. The number of Topliss-reactive ketones (excluding diaryl/α,β-unsaturated/α-hetero) is 1. The van der Waals surface area contributed by atoms with Crippen LogP contribution in [0.5, 0.6) is 11.5 Å². The Hall–Kier alpha value is -3.49. The zero-order chi connectivity index (χ0) is 22.2. The van der Waals surface area contributed by atoms with Crippen LogP contribution >= 0.6 is 11.3 Å². The van der Waals surface area contributed by atoms with Gasteiger partial charge in [-0.25, -0.2) is 0 Å². The van der Waals surface area contributed by atoms with E-state index in [4.69, 9.17) is 9.47 Å². The third-order valence-electron chi connectivity index (χ3n) is 5.66. The van der Waals surface area contributed by atoms with E-state index in [9.17, 15) is 14.9 Å². The Morgan fingerprint density at radius 1 is 1.22 bits per heavy atom. The Labute approximate surface area is 188 Å². The number of ether oxygens (including phenoxy) is 2. The van der Waals surface area contributed by atoms with Crippen LogP contribution in [0.1, 0.15) is 31.9 Å². The molecule has 7 nitrogen and oxygen atoms in total. The van der Waals surface area contributed by atoms with E-state index in [0.29, 0.717) is 30.2 Å².